The zero-order valence-corrected chi connectivity index (χ0v) is 12.3. The minimum Gasteiger partial charge on any atom is -0.508 e. The van der Waals surface area contributed by atoms with Crippen molar-refractivity contribution in [3.8, 4) is 5.75 Å². The lowest BCUT2D eigenvalue weighted by molar-refractivity contribution is 0.278. The lowest BCUT2D eigenvalue weighted by Crippen LogP contribution is -2.24. The van der Waals surface area contributed by atoms with Gasteiger partial charge in [0, 0.05) is 0 Å². The summed E-state index contributed by atoms with van der Waals surface area (Å²) in [5.41, 5.74) is 1.33. The Balaban J connectivity index is 0.000000468. The zero-order chi connectivity index (χ0) is 13.8. The van der Waals surface area contributed by atoms with Gasteiger partial charge in [-0.2, -0.15) is 0 Å². The van der Waals surface area contributed by atoms with E-state index in [0.717, 1.165) is 25.2 Å². The van der Waals surface area contributed by atoms with Crippen molar-refractivity contribution >= 4 is 0 Å². The first-order valence-electron chi connectivity index (χ1n) is 6.59. The van der Waals surface area contributed by atoms with Gasteiger partial charge in [-0.25, -0.2) is 0 Å². The van der Waals surface area contributed by atoms with Crippen LogP contribution in [0.2, 0.25) is 0 Å². The van der Waals surface area contributed by atoms with Gasteiger partial charge in [0.1, 0.15) is 5.75 Å². The second-order valence-electron chi connectivity index (χ2n) is 6.75. The van der Waals surface area contributed by atoms with Crippen molar-refractivity contribution in [3.05, 3.63) is 29.8 Å². The molecular weight excluding hydrogens is 224 g/mol. The molecule has 1 aromatic rings. The average Bonchev–Trinajstić information content (AvgIpc) is 3.00. The highest BCUT2D eigenvalue weighted by molar-refractivity contribution is 5.37. The molecular formula is C16H26O2. The van der Waals surface area contributed by atoms with Gasteiger partial charge in [-0.15, -0.1) is 0 Å². The fourth-order valence-corrected chi connectivity index (χ4v) is 2.47. The van der Waals surface area contributed by atoms with Gasteiger partial charge in [-0.1, -0.05) is 52.8 Å². The van der Waals surface area contributed by atoms with Crippen molar-refractivity contribution < 1.29 is 9.84 Å². The number of hydrogen-bond donors (Lipinski definition) is 1. The first-order valence-corrected chi connectivity index (χ1v) is 6.59. The van der Waals surface area contributed by atoms with Gasteiger partial charge >= 0.3 is 0 Å². The Labute approximate surface area is 111 Å². The van der Waals surface area contributed by atoms with Gasteiger partial charge in [0.05, 0.1) is 13.2 Å². The molecule has 0 unspecified atom stereocenters. The molecule has 1 aliphatic rings. The van der Waals surface area contributed by atoms with Crippen molar-refractivity contribution in [3.63, 3.8) is 0 Å². The molecule has 1 aromatic carbocycles. The minimum absolute atomic E-state index is 0.0175. The number of phenols is 1. The van der Waals surface area contributed by atoms with E-state index < -0.39 is 0 Å². The molecule has 0 bridgehead atoms. The highest BCUT2D eigenvalue weighted by Crippen LogP contribution is 2.39. The zero-order valence-electron chi connectivity index (χ0n) is 12.3. The number of hydrogen-bond acceptors (Lipinski definition) is 2. The topological polar surface area (TPSA) is 32.8 Å². The van der Waals surface area contributed by atoms with Crippen LogP contribution >= 0.6 is 0 Å². The summed E-state index contributed by atoms with van der Waals surface area (Å²) in [7, 11) is 0. The smallest absolute Gasteiger partial charge is 0.119 e. The molecule has 0 radical (unpaired) electrons. The molecule has 2 rings (SSSR count). The van der Waals surface area contributed by atoms with E-state index in [-0.39, 0.29) is 10.8 Å². The second kappa shape index (κ2) is 5.75. The molecule has 0 saturated carbocycles. The van der Waals surface area contributed by atoms with E-state index in [1.807, 2.05) is 18.2 Å². The van der Waals surface area contributed by atoms with Crippen molar-refractivity contribution in [2.45, 2.75) is 46.5 Å². The summed E-state index contributed by atoms with van der Waals surface area (Å²) in [6.45, 7) is 13.1. The van der Waals surface area contributed by atoms with E-state index in [1.165, 1.54) is 0 Å². The number of phenolic OH excluding ortho intramolecular Hbond substituents is 1. The monoisotopic (exact) mass is 250 g/mol. The minimum atomic E-state index is 0.0175. The molecule has 1 saturated heterocycles. The molecule has 0 amide bonds. The highest BCUT2D eigenvalue weighted by atomic mass is 16.6. The van der Waals surface area contributed by atoms with Gasteiger partial charge in [-0.05, 0) is 28.9 Å². The molecule has 1 heterocycles. The van der Waals surface area contributed by atoms with Gasteiger partial charge < -0.3 is 9.84 Å². The molecule has 18 heavy (non-hydrogen) atoms. The Hall–Kier alpha value is -1.02. The lowest BCUT2D eigenvalue weighted by Gasteiger charge is -2.33. The maximum Gasteiger partial charge on any atom is 0.119 e. The van der Waals surface area contributed by atoms with Crippen LogP contribution in [0.15, 0.2) is 24.3 Å². The molecule has 1 aliphatic heterocycles. The molecule has 0 spiro atoms. The van der Waals surface area contributed by atoms with Gasteiger partial charge in [0.2, 0.25) is 0 Å². The van der Waals surface area contributed by atoms with Crippen LogP contribution in [0.25, 0.3) is 0 Å². The van der Waals surface area contributed by atoms with E-state index in [9.17, 15) is 5.11 Å². The maximum atomic E-state index is 9.84. The van der Waals surface area contributed by atoms with E-state index in [4.69, 9.17) is 0 Å². The number of epoxide rings is 1. The summed E-state index contributed by atoms with van der Waals surface area (Å²) in [6, 6.07) is 7.63. The molecule has 2 nitrogen and oxygen atoms in total. The van der Waals surface area contributed by atoms with Crippen LogP contribution in [0, 0.1) is 5.41 Å². The molecule has 0 aliphatic carbocycles. The number of para-hydroxylation sites is 1. The molecule has 2 heteroatoms. The maximum absolute atomic E-state index is 9.84. The summed E-state index contributed by atoms with van der Waals surface area (Å²) >= 11 is 0. The Morgan fingerprint density at radius 1 is 1.06 bits per heavy atom. The van der Waals surface area contributed by atoms with Crippen LogP contribution in [0.5, 0.6) is 5.75 Å². The normalized spacial score (nSPS) is 14.7. The predicted octanol–water partition coefficient (Wildman–Crippen LogP) is 4.12. The Kier molecular flexibility index (Phi) is 4.80. The third-order valence-corrected chi connectivity index (χ3v) is 2.81. The summed E-state index contributed by atoms with van der Waals surface area (Å²) in [5.74, 6) is 0.409. The molecule has 0 atom stereocenters. The van der Waals surface area contributed by atoms with E-state index >= 15 is 0 Å². The number of ether oxygens (including phenoxy) is 1. The summed E-state index contributed by atoms with van der Waals surface area (Å²) in [6.07, 6.45) is 1.05. The Bertz CT molecular complexity index is 370. The highest BCUT2D eigenvalue weighted by Gasteiger charge is 2.28. The third-order valence-electron chi connectivity index (χ3n) is 2.81. The first kappa shape index (κ1) is 15.0. The second-order valence-corrected chi connectivity index (χ2v) is 6.75. The van der Waals surface area contributed by atoms with Gasteiger partial charge in [0.15, 0.2) is 0 Å². The number of rotatable bonds is 2. The summed E-state index contributed by atoms with van der Waals surface area (Å²) in [4.78, 5) is 0. The van der Waals surface area contributed by atoms with Crippen LogP contribution < -0.4 is 0 Å². The molecule has 0 aromatic heterocycles. The standard InChI is InChI=1S/C14H22O.C2H4O/c1-13(2,3)10-14(4,5)11-8-6-7-9-12(11)15;1-2-3-1/h6-9,15H,10H2,1-5H3;1-2H2. The largest absolute Gasteiger partial charge is 0.508 e. The number of aromatic hydroxyl groups is 1. The van der Waals surface area contributed by atoms with Crippen molar-refractivity contribution in [2.75, 3.05) is 13.2 Å². The van der Waals surface area contributed by atoms with Crippen LogP contribution in [0.3, 0.4) is 0 Å². The van der Waals surface area contributed by atoms with Crippen LogP contribution in [-0.2, 0) is 10.2 Å². The average molecular weight is 250 g/mol. The lowest BCUT2D eigenvalue weighted by atomic mass is 9.72. The quantitative estimate of drug-likeness (QED) is 0.801. The first-order chi connectivity index (χ1) is 8.22. The van der Waals surface area contributed by atoms with Crippen LogP contribution in [-0.4, -0.2) is 18.3 Å². The van der Waals surface area contributed by atoms with Crippen molar-refractivity contribution in [1.29, 1.82) is 0 Å². The van der Waals surface area contributed by atoms with E-state index in [0.29, 0.717) is 5.75 Å². The van der Waals surface area contributed by atoms with E-state index in [2.05, 4.69) is 39.4 Å². The Morgan fingerprint density at radius 2 is 1.56 bits per heavy atom. The van der Waals surface area contributed by atoms with Gasteiger partial charge in [0.25, 0.3) is 0 Å². The molecule has 1 fully saturated rings. The van der Waals surface area contributed by atoms with Crippen LogP contribution in [0.4, 0.5) is 0 Å². The third kappa shape index (κ3) is 5.54. The summed E-state index contributed by atoms with van der Waals surface area (Å²) in [5, 5.41) is 9.84. The molecule has 1 N–H and O–H groups in total. The Morgan fingerprint density at radius 3 is 1.94 bits per heavy atom. The molecule has 102 valence electrons. The SMILES string of the molecule is C1CO1.CC(C)(C)CC(C)(C)c1ccccc1O. The number of benzene rings is 1. The van der Waals surface area contributed by atoms with Crippen LogP contribution in [0.1, 0.15) is 46.6 Å². The predicted molar refractivity (Wildman–Crippen MR) is 76.0 cm³/mol. The summed E-state index contributed by atoms with van der Waals surface area (Å²) < 4.78 is 4.50. The van der Waals surface area contributed by atoms with E-state index in [1.54, 1.807) is 6.07 Å². The fraction of sp³-hybridized carbons (Fsp3) is 0.625. The van der Waals surface area contributed by atoms with Gasteiger partial charge in [-0.3, -0.25) is 0 Å². The van der Waals surface area contributed by atoms with Crippen molar-refractivity contribution in [1.82, 2.24) is 0 Å². The fourth-order valence-electron chi connectivity index (χ4n) is 2.47. The van der Waals surface area contributed by atoms with Crippen molar-refractivity contribution in [2.24, 2.45) is 5.41 Å².